The number of benzene rings is 1. The number of piperidine rings is 1. The summed E-state index contributed by atoms with van der Waals surface area (Å²) < 4.78 is 5.29. The van der Waals surface area contributed by atoms with E-state index in [4.69, 9.17) is 4.74 Å². The smallest absolute Gasteiger partial charge is 0.254 e. The molecule has 6 nitrogen and oxygen atoms in total. The van der Waals surface area contributed by atoms with Gasteiger partial charge in [0.2, 0.25) is 0 Å². The number of carbonyl (C=O) groups excluding carboxylic acids is 2. The second-order valence-corrected chi connectivity index (χ2v) is 6.56. The first-order chi connectivity index (χ1) is 12.3. The molecule has 1 amide bonds. The Hall–Kier alpha value is -1.92. The van der Waals surface area contributed by atoms with Gasteiger partial charge in [0.25, 0.3) is 5.91 Å². The molecular weight excluding hydrogens is 318 g/mol. The number of aldehydes is 1. The molecule has 2 aliphatic rings. The third-order valence-electron chi connectivity index (χ3n) is 4.68. The molecule has 0 aromatic heterocycles. The van der Waals surface area contributed by atoms with E-state index >= 15 is 0 Å². The van der Waals surface area contributed by atoms with Crippen LogP contribution in [0.5, 0.6) is 0 Å². The van der Waals surface area contributed by atoms with E-state index in [1.807, 2.05) is 29.2 Å². The summed E-state index contributed by atoms with van der Waals surface area (Å²) in [5.41, 5.74) is 1.74. The van der Waals surface area contributed by atoms with Gasteiger partial charge in [0.05, 0.1) is 13.2 Å². The van der Waals surface area contributed by atoms with E-state index in [1.165, 1.54) is 0 Å². The SMILES string of the molecule is O=CCCN1C[CH]C[C@@H](Nc2ccc(C(=O)N3CCOCC3)cc2)C1. The standard InChI is InChI=1S/C19H26N3O3/c23-12-2-9-21-8-1-3-18(15-21)20-17-6-4-16(5-7-17)19(24)22-10-13-25-14-11-22/h1,4-7,12,18,20H,2-3,8-11,13-15H2/t18-/m1/s1. The Labute approximate surface area is 149 Å². The van der Waals surface area contributed by atoms with Crippen LogP contribution in [-0.4, -0.2) is 74.0 Å². The molecule has 0 saturated carbocycles. The first kappa shape index (κ1) is 17.9. The van der Waals surface area contributed by atoms with Gasteiger partial charge in [-0.3, -0.25) is 4.79 Å². The number of carbonyl (C=O) groups is 2. The van der Waals surface area contributed by atoms with Crippen LogP contribution in [0.3, 0.4) is 0 Å². The molecule has 2 aliphatic heterocycles. The average molecular weight is 344 g/mol. The summed E-state index contributed by atoms with van der Waals surface area (Å²) in [5.74, 6) is 0.0703. The molecule has 2 saturated heterocycles. The van der Waals surface area contributed by atoms with Crippen LogP contribution >= 0.6 is 0 Å². The quantitative estimate of drug-likeness (QED) is 0.791. The minimum atomic E-state index is 0.0703. The number of hydrogen-bond acceptors (Lipinski definition) is 5. The van der Waals surface area contributed by atoms with Gasteiger partial charge >= 0.3 is 0 Å². The lowest BCUT2D eigenvalue weighted by atomic mass is 10.0. The Morgan fingerprint density at radius 1 is 1.24 bits per heavy atom. The molecule has 1 N–H and O–H groups in total. The molecule has 0 unspecified atom stereocenters. The van der Waals surface area contributed by atoms with Gasteiger partial charge in [0.15, 0.2) is 0 Å². The van der Waals surface area contributed by atoms with Crippen LogP contribution in [0, 0.1) is 6.42 Å². The van der Waals surface area contributed by atoms with Crippen molar-refractivity contribution in [2.45, 2.75) is 18.9 Å². The Morgan fingerprint density at radius 2 is 2.00 bits per heavy atom. The van der Waals surface area contributed by atoms with Crippen molar-refractivity contribution in [3.8, 4) is 0 Å². The molecule has 6 heteroatoms. The summed E-state index contributed by atoms with van der Waals surface area (Å²) >= 11 is 0. The van der Waals surface area contributed by atoms with Crippen molar-refractivity contribution < 1.29 is 14.3 Å². The predicted octanol–water partition coefficient (Wildman–Crippen LogP) is 1.44. The van der Waals surface area contributed by atoms with Crippen LogP contribution in [0.2, 0.25) is 0 Å². The van der Waals surface area contributed by atoms with Gasteiger partial charge in [-0.2, -0.15) is 0 Å². The number of amides is 1. The van der Waals surface area contributed by atoms with E-state index in [2.05, 4.69) is 16.6 Å². The van der Waals surface area contributed by atoms with E-state index in [-0.39, 0.29) is 5.91 Å². The number of morpholine rings is 1. The second kappa shape index (κ2) is 8.97. The fourth-order valence-corrected chi connectivity index (χ4v) is 3.34. The molecule has 3 rings (SSSR count). The van der Waals surface area contributed by atoms with Crippen molar-refractivity contribution in [3.63, 3.8) is 0 Å². The molecule has 1 radical (unpaired) electrons. The van der Waals surface area contributed by atoms with Crippen molar-refractivity contribution >= 4 is 17.9 Å². The summed E-state index contributed by atoms with van der Waals surface area (Å²) in [7, 11) is 0. The highest BCUT2D eigenvalue weighted by atomic mass is 16.5. The van der Waals surface area contributed by atoms with E-state index < -0.39 is 0 Å². The molecule has 1 aromatic carbocycles. The zero-order chi connectivity index (χ0) is 17.5. The third-order valence-corrected chi connectivity index (χ3v) is 4.68. The Balaban J connectivity index is 1.53. The van der Waals surface area contributed by atoms with Crippen molar-refractivity contribution in [1.82, 2.24) is 9.80 Å². The molecular formula is C19H26N3O3. The Bertz CT molecular complexity index is 570. The topological polar surface area (TPSA) is 61.9 Å². The van der Waals surface area contributed by atoms with Crippen molar-refractivity contribution in [2.75, 3.05) is 51.3 Å². The number of ether oxygens (including phenoxy) is 1. The lowest BCUT2D eigenvalue weighted by Crippen LogP contribution is -2.42. The van der Waals surface area contributed by atoms with Crippen LogP contribution in [0.25, 0.3) is 0 Å². The third kappa shape index (κ3) is 5.03. The second-order valence-electron chi connectivity index (χ2n) is 6.56. The van der Waals surface area contributed by atoms with Gasteiger partial charge in [-0.25, -0.2) is 0 Å². The Kier molecular flexibility index (Phi) is 6.42. The number of rotatable bonds is 6. The first-order valence-corrected chi connectivity index (χ1v) is 8.97. The van der Waals surface area contributed by atoms with Gasteiger partial charge in [-0.05, 0) is 37.1 Å². The van der Waals surface area contributed by atoms with Gasteiger partial charge < -0.3 is 24.6 Å². The lowest BCUT2D eigenvalue weighted by molar-refractivity contribution is -0.108. The lowest BCUT2D eigenvalue weighted by Gasteiger charge is -2.33. The monoisotopic (exact) mass is 344 g/mol. The van der Waals surface area contributed by atoms with Gasteiger partial charge in [0, 0.05) is 56.4 Å². The number of nitrogens with zero attached hydrogens (tertiary/aromatic N) is 2. The molecule has 25 heavy (non-hydrogen) atoms. The summed E-state index contributed by atoms with van der Waals surface area (Å²) in [6, 6.07) is 8.05. The highest BCUT2D eigenvalue weighted by Gasteiger charge is 2.20. The predicted molar refractivity (Wildman–Crippen MR) is 96.6 cm³/mol. The molecule has 2 fully saturated rings. The van der Waals surface area contributed by atoms with E-state index in [1.54, 1.807) is 0 Å². The fourth-order valence-electron chi connectivity index (χ4n) is 3.34. The highest BCUT2D eigenvalue weighted by molar-refractivity contribution is 5.94. The highest BCUT2D eigenvalue weighted by Crippen LogP contribution is 2.17. The molecule has 2 heterocycles. The average Bonchev–Trinajstić information content (AvgIpc) is 2.67. The normalized spacial score (nSPS) is 21.8. The van der Waals surface area contributed by atoms with Crippen LogP contribution in [-0.2, 0) is 9.53 Å². The van der Waals surface area contributed by atoms with Gasteiger partial charge in [0.1, 0.15) is 6.29 Å². The minimum Gasteiger partial charge on any atom is -0.381 e. The minimum absolute atomic E-state index is 0.0703. The molecule has 0 aliphatic carbocycles. The van der Waals surface area contributed by atoms with Crippen LogP contribution in [0.15, 0.2) is 24.3 Å². The molecule has 135 valence electrons. The summed E-state index contributed by atoms with van der Waals surface area (Å²) in [6.07, 6.45) is 4.81. The fraction of sp³-hybridized carbons (Fsp3) is 0.526. The number of likely N-dealkylation sites (tertiary alicyclic amines) is 1. The zero-order valence-electron chi connectivity index (χ0n) is 14.5. The van der Waals surface area contributed by atoms with Crippen molar-refractivity contribution in [1.29, 1.82) is 0 Å². The summed E-state index contributed by atoms with van der Waals surface area (Å²) in [4.78, 5) is 27.1. The van der Waals surface area contributed by atoms with E-state index in [9.17, 15) is 9.59 Å². The van der Waals surface area contributed by atoms with Crippen molar-refractivity contribution in [2.24, 2.45) is 0 Å². The molecule has 1 atom stereocenters. The molecule has 0 bridgehead atoms. The van der Waals surface area contributed by atoms with Crippen molar-refractivity contribution in [3.05, 3.63) is 36.2 Å². The number of anilines is 1. The Morgan fingerprint density at radius 3 is 2.72 bits per heavy atom. The van der Waals surface area contributed by atoms with Crippen LogP contribution in [0.4, 0.5) is 5.69 Å². The summed E-state index contributed by atoms with van der Waals surface area (Å²) in [6.45, 7) is 5.23. The number of hydrogen-bond donors (Lipinski definition) is 1. The maximum Gasteiger partial charge on any atom is 0.254 e. The van der Waals surface area contributed by atoms with Crippen LogP contribution in [0.1, 0.15) is 23.2 Å². The molecule has 0 spiro atoms. The largest absolute Gasteiger partial charge is 0.381 e. The maximum absolute atomic E-state index is 12.5. The van der Waals surface area contributed by atoms with Crippen LogP contribution < -0.4 is 5.32 Å². The summed E-state index contributed by atoms with van der Waals surface area (Å²) in [5, 5.41) is 3.53. The molecule has 1 aromatic rings. The van der Waals surface area contributed by atoms with Gasteiger partial charge in [-0.1, -0.05) is 0 Å². The maximum atomic E-state index is 12.5. The van der Waals surface area contributed by atoms with E-state index in [0.717, 1.165) is 43.6 Å². The number of nitrogens with one attached hydrogen (secondary N) is 1. The zero-order valence-corrected chi connectivity index (χ0v) is 14.5. The van der Waals surface area contributed by atoms with Gasteiger partial charge in [-0.15, -0.1) is 0 Å². The first-order valence-electron chi connectivity index (χ1n) is 8.97. The van der Waals surface area contributed by atoms with E-state index in [0.29, 0.717) is 38.8 Å².